The van der Waals surface area contributed by atoms with Crippen molar-refractivity contribution in [3.8, 4) is 0 Å². The predicted octanol–water partition coefficient (Wildman–Crippen LogP) is 2.33. The summed E-state index contributed by atoms with van der Waals surface area (Å²) >= 11 is 0. The van der Waals surface area contributed by atoms with Crippen molar-refractivity contribution in [2.75, 3.05) is 6.54 Å². The molecule has 1 heterocycles. The average Bonchev–Trinajstić information content (AvgIpc) is 2.77. The predicted molar refractivity (Wildman–Crippen MR) is 57.6 cm³/mol. The lowest BCUT2D eigenvalue weighted by Gasteiger charge is -2.27. The van der Waals surface area contributed by atoms with Gasteiger partial charge in [-0.1, -0.05) is 19.0 Å². The minimum absolute atomic E-state index is 0.0660. The molecule has 0 aromatic carbocycles. The zero-order valence-corrected chi connectivity index (χ0v) is 9.56. The van der Waals surface area contributed by atoms with Gasteiger partial charge in [0.2, 0.25) is 5.76 Å². The van der Waals surface area contributed by atoms with Crippen LogP contribution >= 0.6 is 0 Å². The number of rotatable bonds is 5. The summed E-state index contributed by atoms with van der Waals surface area (Å²) in [6.07, 6.45) is 3.39. The molecular formula is C11H18N2O2. The summed E-state index contributed by atoms with van der Waals surface area (Å²) < 4.78 is 4.88. The minimum atomic E-state index is -0.0660. The summed E-state index contributed by atoms with van der Waals surface area (Å²) in [4.78, 5) is 13.8. The van der Waals surface area contributed by atoms with Crippen LogP contribution in [0.3, 0.4) is 0 Å². The molecule has 0 aliphatic carbocycles. The highest BCUT2D eigenvalue weighted by molar-refractivity contribution is 5.91. The molecule has 0 aliphatic heterocycles. The monoisotopic (exact) mass is 210 g/mol. The molecule has 4 nitrogen and oxygen atoms in total. The highest BCUT2D eigenvalue weighted by Gasteiger charge is 2.21. The molecule has 0 bridgehead atoms. The van der Waals surface area contributed by atoms with E-state index in [1.165, 1.54) is 6.20 Å². The van der Waals surface area contributed by atoms with Crippen LogP contribution in [0.1, 0.15) is 44.2 Å². The van der Waals surface area contributed by atoms with Gasteiger partial charge in [0, 0.05) is 18.7 Å². The third-order valence-corrected chi connectivity index (χ3v) is 2.50. The molecule has 0 radical (unpaired) electrons. The van der Waals surface area contributed by atoms with Gasteiger partial charge >= 0.3 is 0 Å². The molecule has 15 heavy (non-hydrogen) atoms. The van der Waals surface area contributed by atoms with Crippen LogP contribution in [0.2, 0.25) is 0 Å². The Morgan fingerprint density at radius 3 is 2.80 bits per heavy atom. The quantitative estimate of drug-likeness (QED) is 0.749. The second-order valence-electron chi connectivity index (χ2n) is 3.63. The number of carbonyl (C=O) groups is 1. The lowest BCUT2D eigenvalue weighted by molar-refractivity contribution is 0.0645. The van der Waals surface area contributed by atoms with Crippen LogP contribution in [-0.4, -0.2) is 28.6 Å². The smallest absolute Gasteiger partial charge is 0.292 e. The van der Waals surface area contributed by atoms with Crippen molar-refractivity contribution in [1.29, 1.82) is 0 Å². The average molecular weight is 210 g/mol. The van der Waals surface area contributed by atoms with Crippen molar-refractivity contribution in [3.63, 3.8) is 0 Å². The SMILES string of the molecule is CCCN(C(=O)c1ccno1)C(C)CC. The fraction of sp³-hybridized carbons (Fsp3) is 0.636. The minimum Gasteiger partial charge on any atom is -0.351 e. The molecule has 1 atom stereocenters. The van der Waals surface area contributed by atoms with Crippen molar-refractivity contribution >= 4 is 5.91 Å². The molecule has 1 unspecified atom stereocenters. The van der Waals surface area contributed by atoms with E-state index in [0.29, 0.717) is 5.76 Å². The highest BCUT2D eigenvalue weighted by atomic mass is 16.5. The first kappa shape index (κ1) is 11.8. The summed E-state index contributed by atoms with van der Waals surface area (Å²) in [5.74, 6) is 0.257. The van der Waals surface area contributed by atoms with Crippen molar-refractivity contribution < 1.29 is 9.32 Å². The fourth-order valence-electron chi connectivity index (χ4n) is 1.45. The Labute approximate surface area is 90.2 Å². The van der Waals surface area contributed by atoms with E-state index >= 15 is 0 Å². The van der Waals surface area contributed by atoms with Crippen LogP contribution in [0, 0.1) is 0 Å². The molecule has 1 rings (SSSR count). The van der Waals surface area contributed by atoms with E-state index in [-0.39, 0.29) is 11.9 Å². The summed E-state index contributed by atoms with van der Waals surface area (Å²) in [5, 5.41) is 3.55. The van der Waals surface area contributed by atoms with Crippen LogP contribution in [-0.2, 0) is 0 Å². The number of hydrogen-bond donors (Lipinski definition) is 0. The zero-order valence-electron chi connectivity index (χ0n) is 9.56. The Kier molecular flexibility index (Phi) is 4.34. The zero-order chi connectivity index (χ0) is 11.3. The van der Waals surface area contributed by atoms with Crippen molar-refractivity contribution in [3.05, 3.63) is 18.0 Å². The van der Waals surface area contributed by atoms with E-state index < -0.39 is 0 Å². The van der Waals surface area contributed by atoms with E-state index in [4.69, 9.17) is 4.52 Å². The largest absolute Gasteiger partial charge is 0.351 e. The Balaban J connectivity index is 2.76. The molecule has 0 saturated heterocycles. The fourth-order valence-corrected chi connectivity index (χ4v) is 1.45. The third-order valence-electron chi connectivity index (χ3n) is 2.50. The molecule has 0 saturated carbocycles. The van der Waals surface area contributed by atoms with Crippen molar-refractivity contribution in [2.45, 2.75) is 39.7 Å². The van der Waals surface area contributed by atoms with Gasteiger partial charge in [0.05, 0.1) is 6.20 Å². The van der Waals surface area contributed by atoms with Gasteiger partial charge in [-0.15, -0.1) is 0 Å². The molecule has 84 valence electrons. The van der Waals surface area contributed by atoms with Crippen LogP contribution < -0.4 is 0 Å². The van der Waals surface area contributed by atoms with Crippen molar-refractivity contribution in [1.82, 2.24) is 10.1 Å². The van der Waals surface area contributed by atoms with E-state index in [1.807, 2.05) is 11.8 Å². The van der Waals surface area contributed by atoms with E-state index in [0.717, 1.165) is 19.4 Å². The molecule has 0 fully saturated rings. The molecule has 0 spiro atoms. The number of hydrogen-bond acceptors (Lipinski definition) is 3. The molecular weight excluding hydrogens is 192 g/mol. The number of aromatic nitrogens is 1. The van der Waals surface area contributed by atoms with E-state index in [2.05, 4.69) is 19.0 Å². The lowest BCUT2D eigenvalue weighted by atomic mass is 10.2. The molecule has 4 heteroatoms. The molecule has 1 amide bonds. The molecule has 0 N–H and O–H groups in total. The van der Waals surface area contributed by atoms with E-state index in [1.54, 1.807) is 6.07 Å². The standard InChI is InChI=1S/C11H18N2O2/c1-4-8-13(9(3)5-2)11(14)10-6-7-12-15-10/h6-7,9H,4-5,8H2,1-3H3. The van der Waals surface area contributed by atoms with Gasteiger partial charge in [0.15, 0.2) is 0 Å². The van der Waals surface area contributed by atoms with Crippen molar-refractivity contribution in [2.24, 2.45) is 0 Å². The maximum Gasteiger partial charge on any atom is 0.292 e. The van der Waals surface area contributed by atoms with Crippen LogP contribution in [0.15, 0.2) is 16.8 Å². The molecule has 1 aromatic heterocycles. The summed E-state index contributed by atoms with van der Waals surface area (Å²) in [7, 11) is 0. The number of amides is 1. The first-order valence-corrected chi connectivity index (χ1v) is 5.42. The lowest BCUT2D eigenvalue weighted by Crippen LogP contribution is -2.38. The Morgan fingerprint density at radius 1 is 1.60 bits per heavy atom. The van der Waals surface area contributed by atoms with Gasteiger partial charge in [-0.3, -0.25) is 4.79 Å². The molecule has 1 aromatic rings. The van der Waals surface area contributed by atoms with Gasteiger partial charge in [-0.2, -0.15) is 0 Å². The summed E-state index contributed by atoms with van der Waals surface area (Å²) in [5.41, 5.74) is 0. The number of carbonyl (C=O) groups excluding carboxylic acids is 1. The normalized spacial score (nSPS) is 12.5. The first-order valence-electron chi connectivity index (χ1n) is 5.42. The van der Waals surface area contributed by atoms with Crippen LogP contribution in [0.4, 0.5) is 0 Å². The first-order chi connectivity index (χ1) is 7.20. The van der Waals surface area contributed by atoms with Gasteiger partial charge in [0.1, 0.15) is 0 Å². The second-order valence-corrected chi connectivity index (χ2v) is 3.63. The van der Waals surface area contributed by atoms with E-state index in [9.17, 15) is 4.79 Å². The Morgan fingerprint density at radius 2 is 2.33 bits per heavy atom. The Hall–Kier alpha value is -1.32. The third kappa shape index (κ3) is 2.81. The highest BCUT2D eigenvalue weighted by Crippen LogP contribution is 2.10. The maximum absolute atomic E-state index is 12.0. The topological polar surface area (TPSA) is 46.3 Å². The molecule has 0 aliphatic rings. The van der Waals surface area contributed by atoms with Gasteiger partial charge in [-0.25, -0.2) is 0 Å². The summed E-state index contributed by atoms with van der Waals surface area (Å²) in [6.45, 7) is 6.93. The van der Waals surface area contributed by atoms with Crippen LogP contribution in [0.5, 0.6) is 0 Å². The summed E-state index contributed by atoms with van der Waals surface area (Å²) in [6, 6.07) is 1.84. The second kappa shape index (κ2) is 5.53. The number of nitrogens with zero attached hydrogens (tertiary/aromatic N) is 2. The van der Waals surface area contributed by atoms with Gasteiger partial charge in [-0.05, 0) is 19.8 Å². The van der Waals surface area contributed by atoms with Crippen LogP contribution in [0.25, 0.3) is 0 Å². The van der Waals surface area contributed by atoms with Gasteiger partial charge < -0.3 is 9.42 Å². The van der Waals surface area contributed by atoms with Gasteiger partial charge in [0.25, 0.3) is 5.91 Å². The maximum atomic E-state index is 12.0. The Bertz CT molecular complexity index is 296.